The lowest BCUT2D eigenvalue weighted by Gasteiger charge is -1.96. The molecule has 0 spiro atoms. The topological polar surface area (TPSA) is 107 Å². The number of aromatic nitrogens is 5. The van der Waals surface area contributed by atoms with Crippen LogP contribution in [0.3, 0.4) is 0 Å². The van der Waals surface area contributed by atoms with E-state index in [-0.39, 0.29) is 0 Å². The largest absolute Gasteiger partial charge is 0.399 e. The van der Waals surface area contributed by atoms with E-state index in [9.17, 15) is 0 Å². The fourth-order valence-corrected chi connectivity index (χ4v) is 1.55. The molecule has 7 heteroatoms. The highest BCUT2D eigenvalue weighted by Crippen LogP contribution is 2.14. The van der Waals surface area contributed by atoms with Crippen molar-refractivity contribution in [1.29, 1.82) is 0 Å². The molecule has 2 heterocycles. The van der Waals surface area contributed by atoms with Crippen LogP contribution in [0.15, 0.2) is 35.0 Å². The second kappa shape index (κ2) is 4.28. The summed E-state index contributed by atoms with van der Waals surface area (Å²) in [6, 6.07) is 7.53. The Balaban J connectivity index is 1.80. The minimum absolute atomic E-state index is 0.425. The summed E-state index contributed by atoms with van der Waals surface area (Å²) in [5, 5.41) is 13.9. The molecule has 0 saturated carbocycles. The van der Waals surface area contributed by atoms with Crippen molar-refractivity contribution in [3.05, 3.63) is 41.9 Å². The standard InChI is InChI=1S/C11H10N6O/c12-8-3-1-7(2-4-8)5-10-14-11(16-18-10)9-6-13-17-15-9/h1-4,6H,5,12H2,(H,13,15,17). The molecule has 7 nitrogen and oxygen atoms in total. The third-order valence-electron chi connectivity index (χ3n) is 2.45. The van der Waals surface area contributed by atoms with Gasteiger partial charge in [0.1, 0.15) is 0 Å². The molecule has 0 atom stereocenters. The number of hydrogen-bond acceptors (Lipinski definition) is 6. The van der Waals surface area contributed by atoms with Crippen LogP contribution in [-0.4, -0.2) is 25.6 Å². The predicted molar refractivity (Wildman–Crippen MR) is 63.3 cm³/mol. The number of nitrogens with one attached hydrogen (secondary N) is 1. The average molecular weight is 242 g/mol. The molecule has 3 N–H and O–H groups in total. The van der Waals surface area contributed by atoms with E-state index in [0.717, 1.165) is 11.3 Å². The zero-order valence-electron chi connectivity index (χ0n) is 9.37. The number of anilines is 1. The number of nitrogen functional groups attached to an aromatic ring is 1. The monoisotopic (exact) mass is 242 g/mol. The first-order valence-electron chi connectivity index (χ1n) is 5.34. The molecule has 0 aliphatic heterocycles. The molecule has 0 saturated heterocycles. The number of H-pyrrole nitrogens is 1. The van der Waals surface area contributed by atoms with E-state index >= 15 is 0 Å². The van der Waals surface area contributed by atoms with Gasteiger partial charge in [0.2, 0.25) is 11.7 Å². The van der Waals surface area contributed by atoms with Crippen molar-refractivity contribution >= 4 is 5.69 Å². The Morgan fingerprint density at radius 3 is 2.78 bits per heavy atom. The second-order valence-electron chi connectivity index (χ2n) is 3.79. The van der Waals surface area contributed by atoms with Crippen LogP contribution in [0.5, 0.6) is 0 Å². The SMILES string of the molecule is Nc1ccc(Cc2nc(-c3cn[nH]n3)no2)cc1. The van der Waals surface area contributed by atoms with Crippen LogP contribution in [0, 0.1) is 0 Å². The lowest BCUT2D eigenvalue weighted by Crippen LogP contribution is -1.90. The van der Waals surface area contributed by atoms with Crippen LogP contribution in [0.25, 0.3) is 11.5 Å². The van der Waals surface area contributed by atoms with E-state index in [1.165, 1.54) is 6.20 Å². The van der Waals surface area contributed by atoms with E-state index in [2.05, 4.69) is 25.6 Å². The molecular formula is C11H10N6O. The van der Waals surface area contributed by atoms with Gasteiger partial charge in [-0.3, -0.25) is 0 Å². The highest BCUT2D eigenvalue weighted by Gasteiger charge is 2.11. The van der Waals surface area contributed by atoms with Gasteiger partial charge in [0.15, 0.2) is 5.69 Å². The van der Waals surface area contributed by atoms with E-state index < -0.39 is 0 Å². The van der Waals surface area contributed by atoms with Crippen molar-refractivity contribution in [3.8, 4) is 11.5 Å². The summed E-state index contributed by atoms with van der Waals surface area (Å²) in [6.45, 7) is 0. The zero-order valence-corrected chi connectivity index (χ0v) is 9.37. The van der Waals surface area contributed by atoms with Gasteiger partial charge in [0.25, 0.3) is 0 Å². The molecule has 3 rings (SSSR count). The Bertz CT molecular complexity index is 628. The molecule has 0 fully saturated rings. The minimum atomic E-state index is 0.425. The van der Waals surface area contributed by atoms with Gasteiger partial charge in [-0.1, -0.05) is 17.3 Å². The number of hydrogen-bond donors (Lipinski definition) is 2. The van der Waals surface area contributed by atoms with Crippen LogP contribution in [0.4, 0.5) is 5.69 Å². The maximum atomic E-state index is 5.62. The van der Waals surface area contributed by atoms with Crippen LogP contribution in [0.1, 0.15) is 11.5 Å². The van der Waals surface area contributed by atoms with Crippen molar-refractivity contribution < 1.29 is 4.52 Å². The van der Waals surface area contributed by atoms with Crippen molar-refractivity contribution in [3.63, 3.8) is 0 Å². The van der Waals surface area contributed by atoms with Crippen LogP contribution >= 0.6 is 0 Å². The fourth-order valence-electron chi connectivity index (χ4n) is 1.55. The molecule has 0 unspecified atom stereocenters. The van der Waals surface area contributed by atoms with Gasteiger partial charge < -0.3 is 10.3 Å². The van der Waals surface area contributed by atoms with Crippen LogP contribution in [-0.2, 0) is 6.42 Å². The molecule has 0 amide bonds. The van der Waals surface area contributed by atoms with E-state index in [4.69, 9.17) is 10.3 Å². The molecule has 18 heavy (non-hydrogen) atoms. The highest BCUT2D eigenvalue weighted by molar-refractivity contribution is 5.45. The summed E-state index contributed by atoms with van der Waals surface area (Å²) in [7, 11) is 0. The molecule has 0 aliphatic rings. The van der Waals surface area contributed by atoms with Crippen molar-refractivity contribution in [1.82, 2.24) is 25.6 Å². The van der Waals surface area contributed by atoms with E-state index in [1.54, 1.807) is 0 Å². The number of aromatic amines is 1. The summed E-state index contributed by atoms with van der Waals surface area (Å²) in [4.78, 5) is 4.24. The summed E-state index contributed by atoms with van der Waals surface area (Å²) in [5.74, 6) is 0.951. The zero-order chi connectivity index (χ0) is 12.4. The normalized spacial score (nSPS) is 10.7. The lowest BCUT2D eigenvalue weighted by molar-refractivity contribution is 0.385. The third kappa shape index (κ3) is 2.05. The maximum Gasteiger partial charge on any atom is 0.231 e. The Kier molecular flexibility index (Phi) is 2.49. The quantitative estimate of drug-likeness (QED) is 0.664. The van der Waals surface area contributed by atoms with Crippen molar-refractivity contribution in [2.24, 2.45) is 0 Å². The van der Waals surface area contributed by atoms with Gasteiger partial charge in [0.05, 0.1) is 12.6 Å². The van der Waals surface area contributed by atoms with Crippen LogP contribution in [0.2, 0.25) is 0 Å². The van der Waals surface area contributed by atoms with E-state index in [0.29, 0.717) is 23.8 Å². The minimum Gasteiger partial charge on any atom is -0.399 e. The lowest BCUT2D eigenvalue weighted by atomic mass is 10.1. The first-order chi connectivity index (χ1) is 8.81. The second-order valence-corrected chi connectivity index (χ2v) is 3.79. The van der Waals surface area contributed by atoms with Crippen LogP contribution < -0.4 is 5.73 Å². The number of rotatable bonds is 3. The van der Waals surface area contributed by atoms with Gasteiger partial charge in [-0.15, -0.1) is 0 Å². The molecule has 0 aliphatic carbocycles. The van der Waals surface area contributed by atoms with Gasteiger partial charge in [-0.25, -0.2) is 0 Å². The third-order valence-corrected chi connectivity index (χ3v) is 2.45. The smallest absolute Gasteiger partial charge is 0.231 e. The van der Waals surface area contributed by atoms with Gasteiger partial charge >= 0.3 is 0 Å². The highest BCUT2D eigenvalue weighted by atomic mass is 16.5. The molecular weight excluding hydrogens is 232 g/mol. The number of nitrogens with two attached hydrogens (primary N) is 1. The summed E-state index contributed by atoms with van der Waals surface area (Å²) < 4.78 is 5.15. The fraction of sp³-hybridized carbons (Fsp3) is 0.0909. The first kappa shape index (κ1) is 10.5. The molecule has 2 aromatic heterocycles. The van der Waals surface area contributed by atoms with Crippen molar-refractivity contribution in [2.75, 3.05) is 5.73 Å². The summed E-state index contributed by atoms with van der Waals surface area (Å²) >= 11 is 0. The Morgan fingerprint density at radius 2 is 2.06 bits per heavy atom. The average Bonchev–Trinajstić information content (AvgIpc) is 3.02. The molecule has 3 aromatic rings. The van der Waals surface area contributed by atoms with E-state index in [1.807, 2.05) is 24.3 Å². The summed E-state index contributed by atoms with van der Waals surface area (Å²) in [6.07, 6.45) is 2.10. The molecule has 1 aromatic carbocycles. The Morgan fingerprint density at radius 1 is 1.22 bits per heavy atom. The number of benzene rings is 1. The maximum absolute atomic E-state index is 5.62. The summed E-state index contributed by atoms with van der Waals surface area (Å²) in [5.41, 5.74) is 7.96. The predicted octanol–water partition coefficient (Wildman–Crippen LogP) is 1.03. The molecule has 90 valence electrons. The van der Waals surface area contributed by atoms with Crippen molar-refractivity contribution in [2.45, 2.75) is 6.42 Å². The van der Waals surface area contributed by atoms with Gasteiger partial charge in [0, 0.05) is 5.69 Å². The molecule has 0 bridgehead atoms. The van der Waals surface area contributed by atoms with Gasteiger partial charge in [-0.05, 0) is 17.7 Å². The Hall–Kier alpha value is -2.70. The number of nitrogens with zero attached hydrogens (tertiary/aromatic N) is 4. The van der Waals surface area contributed by atoms with Gasteiger partial charge in [-0.2, -0.15) is 20.4 Å². The molecule has 0 radical (unpaired) electrons. The Labute approximate surface area is 102 Å². The first-order valence-corrected chi connectivity index (χ1v) is 5.34.